The average molecular weight is 341 g/mol. The van der Waals surface area contributed by atoms with Gasteiger partial charge in [0, 0.05) is 24.1 Å². The second-order valence-electron chi connectivity index (χ2n) is 4.91. The van der Waals surface area contributed by atoms with Crippen molar-refractivity contribution >= 4 is 27.9 Å². The van der Waals surface area contributed by atoms with Crippen LogP contribution in [0, 0.1) is 5.92 Å². The molecule has 1 fully saturated rings. The number of carboxylic acid groups (broad SMARTS) is 1. The number of carbonyl (C=O) groups excluding carboxylic acids is 1. The lowest BCUT2D eigenvalue weighted by molar-refractivity contribution is -0.143. The van der Waals surface area contributed by atoms with E-state index in [1.54, 1.807) is 4.90 Å². The average Bonchev–Trinajstić information content (AvgIpc) is 2.45. The highest BCUT2D eigenvalue weighted by Crippen LogP contribution is 2.17. The van der Waals surface area contributed by atoms with Crippen LogP contribution in [0.5, 0.6) is 0 Å². The number of nitrogens with one attached hydrogen (secondary N) is 1. The number of amides is 2. The summed E-state index contributed by atoms with van der Waals surface area (Å²) in [5.74, 6) is -1.27. The summed E-state index contributed by atoms with van der Waals surface area (Å²) in [5.41, 5.74) is 1.000. The number of hydrogen-bond donors (Lipinski definition) is 2. The van der Waals surface area contributed by atoms with Crippen molar-refractivity contribution in [3.63, 3.8) is 0 Å². The zero-order chi connectivity index (χ0) is 14.5. The second-order valence-corrected chi connectivity index (χ2v) is 5.83. The minimum Gasteiger partial charge on any atom is -0.481 e. The maximum Gasteiger partial charge on any atom is 0.317 e. The van der Waals surface area contributed by atoms with E-state index in [9.17, 15) is 9.59 Å². The molecule has 1 aromatic rings. The molecule has 2 rings (SSSR count). The summed E-state index contributed by atoms with van der Waals surface area (Å²) in [4.78, 5) is 24.6. The lowest BCUT2D eigenvalue weighted by Gasteiger charge is -2.30. The Bertz CT molecular complexity index is 507. The molecule has 2 amide bonds. The van der Waals surface area contributed by atoms with E-state index in [2.05, 4.69) is 21.2 Å². The van der Waals surface area contributed by atoms with Crippen LogP contribution >= 0.6 is 15.9 Å². The van der Waals surface area contributed by atoms with Crippen LogP contribution in [-0.4, -0.2) is 35.1 Å². The van der Waals surface area contributed by atoms with Crippen LogP contribution in [0.2, 0.25) is 0 Å². The first-order valence-electron chi connectivity index (χ1n) is 6.56. The number of nitrogens with zero attached hydrogens (tertiary/aromatic N) is 1. The maximum absolute atomic E-state index is 12.0. The zero-order valence-corrected chi connectivity index (χ0v) is 12.6. The largest absolute Gasteiger partial charge is 0.481 e. The second kappa shape index (κ2) is 6.74. The first-order valence-corrected chi connectivity index (χ1v) is 7.35. The standard InChI is InChI=1S/C14H17BrN2O3/c15-12-5-1-3-10(7-12)8-16-14(20)17-6-2-4-11(9-17)13(18)19/h1,3,5,7,11H,2,4,6,8-9H2,(H,16,20)(H,18,19). The molecule has 1 aromatic carbocycles. The number of carbonyl (C=O) groups is 2. The van der Waals surface area contributed by atoms with Gasteiger partial charge in [0.2, 0.25) is 0 Å². The number of benzene rings is 1. The molecule has 1 unspecified atom stereocenters. The number of urea groups is 1. The maximum atomic E-state index is 12.0. The highest BCUT2D eigenvalue weighted by Gasteiger charge is 2.27. The van der Waals surface area contributed by atoms with Gasteiger partial charge in [0.1, 0.15) is 0 Å². The third-order valence-corrected chi connectivity index (χ3v) is 3.88. The van der Waals surface area contributed by atoms with E-state index in [1.165, 1.54) is 0 Å². The van der Waals surface area contributed by atoms with Crippen molar-refractivity contribution in [2.75, 3.05) is 13.1 Å². The first-order chi connectivity index (χ1) is 9.56. The molecule has 0 saturated carbocycles. The van der Waals surface area contributed by atoms with E-state index in [4.69, 9.17) is 5.11 Å². The van der Waals surface area contributed by atoms with E-state index in [0.717, 1.165) is 16.5 Å². The predicted octanol–water partition coefficient (Wildman–Crippen LogP) is 2.46. The summed E-state index contributed by atoms with van der Waals surface area (Å²) in [6, 6.07) is 7.51. The molecule has 2 N–H and O–H groups in total. The first kappa shape index (κ1) is 14.8. The number of rotatable bonds is 3. The molecule has 1 heterocycles. The van der Waals surface area contributed by atoms with Gasteiger partial charge in [-0.3, -0.25) is 4.79 Å². The number of piperidine rings is 1. The van der Waals surface area contributed by atoms with E-state index >= 15 is 0 Å². The fourth-order valence-electron chi connectivity index (χ4n) is 2.30. The fourth-order valence-corrected chi connectivity index (χ4v) is 2.75. The molecule has 1 aliphatic rings. The Balaban J connectivity index is 1.87. The molecular formula is C14H17BrN2O3. The Morgan fingerprint density at radius 1 is 1.45 bits per heavy atom. The van der Waals surface area contributed by atoms with E-state index in [1.807, 2.05) is 24.3 Å². The number of carboxylic acids is 1. The van der Waals surface area contributed by atoms with Crippen molar-refractivity contribution in [3.8, 4) is 0 Å². The van der Waals surface area contributed by atoms with Gasteiger partial charge in [-0.1, -0.05) is 28.1 Å². The molecule has 0 aromatic heterocycles. The number of likely N-dealkylation sites (tertiary alicyclic amines) is 1. The highest BCUT2D eigenvalue weighted by atomic mass is 79.9. The molecule has 1 aliphatic heterocycles. The third-order valence-electron chi connectivity index (χ3n) is 3.39. The normalized spacial score (nSPS) is 18.6. The number of aliphatic carboxylic acids is 1. The van der Waals surface area contributed by atoms with Crippen molar-refractivity contribution in [1.82, 2.24) is 10.2 Å². The molecule has 0 bridgehead atoms. The Kier molecular flexibility index (Phi) is 5.00. The molecule has 0 spiro atoms. The van der Waals surface area contributed by atoms with Crippen molar-refractivity contribution in [3.05, 3.63) is 34.3 Å². The highest BCUT2D eigenvalue weighted by molar-refractivity contribution is 9.10. The van der Waals surface area contributed by atoms with Crippen molar-refractivity contribution in [1.29, 1.82) is 0 Å². The molecule has 5 nitrogen and oxygen atoms in total. The molecular weight excluding hydrogens is 324 g/mol. The monoisotopic (exact) mass is 340 g/mol. The number of halogens is 1. The zero-order valence-electron chi connectivity index (χ0n) is 11.0. The quantitative estimate of drug-likeness (QED) is 0.887. The molecule has 0 radical (unpaired) electrons. The van der Waals surface area contributed by atoms with Crippen LogP contribution in [0.25, 0.3) is 0 Å². The van der Waals surface area contributed by atoms with E-state index < -0.39 is 11.9 Å². The van der Waals surface area contributed by atoms with Gasteiger partial charge in [-0.25, -0.2) is 4.79 Å². The number of hydrogen-bond acceptors (Lipinski definition) is 2. The van der Waals surface area contributed by atoms with Gasteiger partial charge in [0.05, 0.1) is 5.92 Å². The van der Waals surface area contributed by atoms with Gasteiger partial charge in [0.15, 0.2) is 0 Å². The summed E-state index contributed by atoms with van der Waals surface area (Å²) in [7, 11) is 0. The molecule has 108 valence electrons. The fraction of sp³-hybridized carbons (Fsp3) is 0.429. The molecule has 0 aliphatic carbocycles. The molecule has 1 saturated heterocycles. The van der Waals surface area contributed by atoms with Crippen LogP contribution in [0.4, 0.5) is 4.79 Å². The van der Waals surface area contributed by atoms with E-state index in [-0.39, 0.29) is 6.03 Å². The predicted molar refractivity (Wildman–Crippen MR) is 78.3 cm³/mol. The van der Waals surface area contributed by atoms with Gasteiger partial charge >= 0.3 is 12.0 Å². The summed E-state index contributed by atoms with van der Waals surface area (Å²) in [5, 5.41) is 11.8. The molecule has 1 atom stereocenters. The van der Waals surface area contributed by atoms with Gasteiger partial charge in [0.25, 0.3) is 0 Å². The Morgan fingerprint density at radius 2 is 2.25 bits per heavy atom. The minimum absolute atomic E-state index is 0.198. The lowest BCUT2D eigenvalue weighted by Crippen LogP contribution is -2.46. The summed E-state index contributed by atoms with van der Waals surface area (Å²) < 4.78 is 0.966. The van der Waals surface area contributed by atoms with Gasteiger partial charge in [-0.15, -0.1) is 0 Å². The van der Waals surface area contributed by atoms with Crippen LogP contribution in [0.3, 0.4) is 0 Å². The minimum atomic E-state index is -0.825. The van der Waals surface area contributed by atoms with E-state index in [0.29, 0.717) is 26.1 Å². The summed E-state index contributed by atoms with van der Waals surface area (Å²) in [6.07, 6.45) is 1.38. The topological polar surface area (TPSA) is 69.6 Å². The SMILES string of the molecule is O=C(O)C1CCCN(C(=O)NCc2cccc(Br)c2)C1. The van der Waals surface area contributed by atoms with Gasteiger partial charge < -0.3 is 15.3 Å². The molecule has 6 heteroatoms. The van der Waals surface area contributed by atoms with Crippen molar-refractivity contribution in [2.45, 2.75) is 19.4 Å². The summed E-state index contributed by atoms with van der Waals surface area (Å²) >= 11 is 3.38. The third kappa shape index (κ3) is 3.96. The molecule has 20 heavy (non-hydrogen) atoms. The Hall–Kier alpha value is -1.56. The Morgan fingerprint density at radius 3 is 2.95 bits per heavy atom. The van der Waals surface area contributed by atoms with Gasteiger partial charge in [-0.2, -0.15) is 0 Å². The van der Waals surface area contributed by atoms with Crippen molar-refractivity contribution < 1.29 is 14.7 Å². The lowest BCUT2D eigenvalue weighted by atomic mass is 9.99. The van der Waals surface area contributed by atoms with Crippen LogP contribution in [0.15, 0.2) is 28.7 Å². The smallest absolute Gasteiger partial charge is 0.317 e. The Labute approximate surface area is 126 Å². The van der Waals surface area contributed by atoms with Crippen LogP contribution < -0.4 is 5.32 Å². The van der Waals surface area contributed by atoms with Gasteiger partial charge in [-0.05, 0) is 30.5 Å². The van der Waals surface area contributed by atoms with Crippen LogP contribution in [0.1, 0.15) is 18.4 Å². The van der Waals surface area contributed by atoms with Crippen LogP contribution in [-0.2, 0) is 11.3 Å². The summed E-state index contributed by atoms with van der Waals surface area (Å²) in [6.45, 7) is 1.35. The van der Waals surface area contributed by atoms with Crippen molar-refractivity contribution in [2.24, 2.45) is 5.92 Å².